The van der Waals surface area contributed by atoms with Gasteiger partial charge in [0.15, 0.2) is 6.61 Å². The predicted molar refractivity (Wildman–Crippen MR) is 136 cm³/mol. The number of hydrogen-bond donors (Lipinski definition) is 2. The number of nitrogens with zero attached hydrogens (tertiary/aromatic N) is 1. The van der Waals surface area contributed by atoms with Crippen molar-refractivity contribution in [2.75, 3.05) is 11.9 Å². The molecule has 1 aliphatic rings. The molecule has 2 amide bonds. The van der Waals surface area contributed by atoms with Gasteiger partial charge in [-0.15, -0.1) is 11.3 Å². The van der Waals surface area contributed by atoms with E-state index >= 15 is 0 Å². The van der Waals surface area contributed by atoms with E-state index in [4.69, 9.17) is 4.74 Å². The highest BCUT2D eigenvalue weighted by molar-refractivity contribution is 7.16. The van der Waals surface area contributed by atoms with Crippen LogP contribution in [-0.4, -0.2) is 30.4 Å². The molecule has 0 fully saturated rings. The van der Waals surface area contributed by atoms with Crippen molar-refractivity contribution in [3.05, 3.63) is 51.4 Å². The molecule has 7 nitrogen and oxygen atoms in total. The monoisotopic (exact) mass is 495 g/mol. The molecular formula is C27H33N3O4S. The van der Waals surface area contributed by atoms with Crippen molar-refractivity contribution in [3.63, 3.8) is 0 Å². The number of ether oxygens (including phenoxy) is 1. The standard InChI is InChI=1S/C27H33N3O4S/c1-16(2)23(30-24(32)17-10-12-18(13-11-17)27(3,4)5)26(33)34-15-22(31)29-25-20(14-28)19-8-6-7-9-21(19)35-25/h10-13,16,23H,6-9,15H2,1-5H3,(H,29,31)(H,30,32). The van der Waals surface area contributed by atoms with E-state index in [2.05, 4.69) is 37.5 Å². The van der Waals surface area contributed by atoms with Gasteiger partial charge in [-0.05, 0) is 60.3 Å². The van der Waals surface area contributed by atoms with Gasteiger partial charge in [0.25, 0.3) is 11.8 Å². The van der Waals surface area contributed by atoms with E-state index in [0.717, 1.165) is 41.7 Å². The first kappa shape index (κ1) is 26.4. The van der Waals surface area contributed by atoms with E-state index in [1.807, 2.05) is 12.1 Å². The molecule has 8 heteroatoms. The molecule has 1 aromatic heterocycles. The lowest BCUT2D eigenvalue weighted by atomic mass is 9.86. The maximum Gasteiger partial charge on any atom is 0.329 e. The van der Waals surface area contributed by atoms with E-state index in [1.54, 1.807) is 26.0 Å². The first-order chi connectivity index (χ1) is 16.5. The van der Waals surface area contributed by atoms with E-state index in [-0.39, 0.29) is 17.2 Å². The number of carbonyl (C=O) groups is 3. The molecule has 35 heavy (non-hydrogen) atoms. The van der Waals surface area contributed by atoms with Crippen molar-refractivity contribution < 1.29 is 19.1 Å². The number of thiophene rings is 1. The van der Waals surface area contributed by atoms with Crippen molar-refractivity contribution in [3.8, 4) is 6.07 Å². The van der Waals surface area contributed by atoms with Crippen LogP contribution in [0.15, 0.2) is 24.3 Å². The molecule has 1 heterocycles. The van der Waals surface area contributed by atoms with Crippen LogP contribution in [0.2, 0.25) is 0 Å². The van der Waals surface area contributed by atoms with Gasteiger partial charge in [0, 0.05) is 10.4 Å². The minimum absolute atomic E-state index is 0.0315. The number of benzene rings is 1. The maximum atomic E-state index is 12.7. The van der Waals surface area contributed by atoms with Crippen LogP contribution in [0.5, 0.6) is 0 Å². The molecule has 1 aliphatic carbocycles. The Labute approximate surface area is 210 Å². The normalized spacial score (nSPS) is 14.0. The molecule has 0 aliphatic heterocycles. The number of hydrogen-bond acceptors (Lipinski definition) is 6. The topological polar surface area (TPSA) is 108 Å². The second-order valence-corrected chi connectivity index (χ2v) is 11.3. The van der Waals surface area contributed by atoms with Crippen LogP contribution in [-0.2, 0) is 32.6 Å². The van der Waals surface area contributed by atoms with Gasteiger partial charge < -0.3 is 15.4 Å². The minimum atomic E-state index is -0.902. The summed E-state index contributed by atoms with van der Waals surface area (Å²) in [4.78, 5) is 39.1. The second-order valence-electron chi connectivity index (χ2n) is 10.2. The summed E-state index contributed by atoms with van der Waals surface area (Å²) in [6.45, 7) is 9.38. The first-order valence-electron chi connectivity index (χ1n) is 11.9. The Kier molecular flexibility index (Phi) is 8.34. The number of nitriles is 1. The summed E-state index contributed by atoms with van der Waals surface area (Å²) in [6, 6.07) is 8.57. The summed E-state index contributed by atoms with van der Waals surface area (Å²) in [5.74, 6) is -1.81. The quantitative estimate of drug-likeness (QED) is 0.540. The van der Waals surface area contributed by atoms with Crippen molar-refractivity contribution in [1.29, 1.82) is 5.26 Å². The molecule has 1 unspecified atom stereocenters. The largest absolute Gasteiger partial charge is 0.454 e. The molecule has 0 saturated heterocycles. The van der Waals surface area contributed by atoms with Gasteiger partial charge in [0.2, 0.25) is 0 Å². The highest BCUT2D eigenvalue weighted by atomic mass is 32.1. The Hall–Kier alpha value is -3.18. The van der Waals surface area contributed by atoms with Crippen LogP contribution in [0, 0.1) is 17.2 Å². The number of nitrogens with one attached hydrogen (secondary N) is 2. The molecule has 1 aromatic carbocycles. The van der Waals surface area contributed by atoms with Crippen molar-refractivity contribution in [1.82, 2.24) is 5.32 Å². The molecule has 186 valence electrons. The lowest BCUT2D eigenvalue weighted by Gasteiger charge is -2.22. The number of anilines is 1. The van der Waals surface area contributed by atoms with Crippen LogP contribution in [0.4, 0.5) is 5.00 Å². The molecule has 3 rings (SSSR count). The molecular weight excluding hydrogens is 462 g/mol. The fourth-order valence-corrected chi connectivity index (χ4v) is 5.26. The van der Waals surface area contributed by atoms with Crippen LogP contribution in [0.1, 0.15) is 79.4 Å². The van der Waals surface area contributed by atoms with E-state index in [0.29, 0.717) is 16.1 Å². The second kappa shape index (κ2) is 11.0. The highest BCUT2D eigenvalue weighted by Crippen LogP contribution is 2.37. The molecule has 0 bridgehead atoms. The van der Waals surface area contributed by atoms with Gasteiger partial charge in [-0.3, -0.25) is 9.59 Å². The third-order valence-corrected chi connectivity index (χ3v) is 7.31. The van der Waals surface area contributed by atoms with E-state index in [9.17, 15) is 19.6 Å². The van der Waals surface area contributed by atoms with Gasteiger partial charge in [-0.1, -0.05) is 46.8 Å². The Balaban J connectivity index is 1.59. The van der Waals surface area contributed by atoms with E-state index < -0.39 is 24.5 Å². The minimum Gasteiger partial charge on any atom is -0.454 e. The average molecular weight is 496 g/mol. The number of carbonyl (C=O) groups excluding carboxylic acids is 3. The fourth-order valence-electron chi connectivity index (χ4n) is 4.01. The number of esters is 1. The number of fused-ring (bicyclic) bond motifs is 1. The summed E-state index contributed by atoms with van der Waals surface area (Å²) in [5.41, 5.74) is 3.05. The summed E-state index contributed by atoms with van der Waals surface area (Å²) in [5, 5.41) is 15.5. The zero-order valence-electron chi connectivity index (χ0n) is 21.0. The Morgan fingerprint density at radius 1 is 1.11 bits per heavy atom. The van der Waals surface area contributed by atoms with Gasteiger partial charge in [-0.25, -0.2) is 4.79 Å². The zero-order valence-corrected chi connectivity index (χ0v) is 21.8. The van der Waals surface area contributed by atoms with Gasteiger partial charge in [0.1, 0.15) is 17.1 Å². The average Bonchev–Trinajstić information content (AvgIpc) is 3.16. The summed E-state index contributed by atoms with van der Waals surface area (Å²) < 4.78 is 5.23. The van der Waals surface area contributed by atoms with Crippen LogP contribution < -0.4 is 10.6 Å². The number of amides is 2. The molecule has 0 radical (unpaired) electrons. The molecule has 2 N–H and O–H groups in total. The lowest BCUT2D eigenvalue weighted by molar-refractivity contribution is -0.150. The molecule has 2 aromatic rings. The number of aryl methyl sites for hydroxylation is 1. The first-order valence-corrected chi connectivity index (χ1v) is 12.8. The molecule has 1 atom stereocenters. The summed E-state index contributed by atoms with van der Waals surface area (Å²) in [7, 11) is 0. The Bertz CT molecular complexity index is 1140. The van der Waals surface area contributed by atoms with Crippen molar-refractivity contribution in [2.45, 2.75) is 71.8 Å². The van der Waals surface area contributed by atoms with Crippen LogP contribution in [0.25, 0.3) is 0 Å². The molecule has 0 spiro atoms. The lowest BCUT2D eigenvalue weighted by Crippen LogP contribution is -2.46. The predicted octanol–water partition coefficient (Wildman–Crippen LogP) is 4.73. The SMILES string of the molecule is CC(C)C(NC(=O)c1ccc(C(C)(C)C)cc1)C(=O)OCC(=O)Nc1sc2c(c1C#N)CCCC2. The fraction of sp³-hybridized carbons (Fsp3) is 0.481. The Morgan fingerprint density at radius 2 is 1.77 bits per heavy atom. The van der Waals surface area contributed by atoms with Gasteiger partial charge in [0.05, 0.1) is 5.56 Å². The zero-order chi connectivity index (χ0) is 25.8. The third-order valence-electron chi connectivity index (χ3n) is 6.10. The summed E-state index contributed by atoms with van der Waals surface area (Å²) >= 11 is 1.42. The highest BCUT2D eigenvalue weighted by Gasteiger charge is 2.28. The van der Waals surface area contributed by atoms with Crippen LogP contribution in [0.3, 0.4) is 0 Å². The van der Waals surface area contributed by atoms with Gasteiger partial charge in [-0.2, -0.15) is 5.26 Å². The maximum absolute atomic E-state index is 12.7. The van der Waals surface area contributed by atoms with Crippen molar-refractivity contribution in [2.24, 2.45) is 5.92 Å². The van der Waals surface area contributed by atoms with Gasteiger partial charge >= 0.3 is 5.97 Å². The molecule has 0 saturated carbocycles. The summed E-state index contributed by atoms with van der Waals surface area (Å²) in [6.07, 6.45) is 3.86. The number of rotatable bonds is 7. The Morgan fingerprint density at radius 3 is 2.37 bits per heavy atom. The van der Waals surface area contributed by atoms with Crippen molar-refractivity contribution >= 4 is 34.1 Å². The van der Waals surface area contributed by atoms with Crippen LogP contribution >= 0.6 is 11.3 Å². The smallest absolute Gasteiger partial charge is 0.329 e. The third kappa shape index (κ3) is 6.49. The van der Waals surface area contributed by atoms with E-state index in [1.165, 1.54) is 11.3 Å².